The van der Waals surface area contributed by atoms with Gasteiger partial charge >= 0.3 is 0 Å². The van der Waals surface area contributed by atoms with Gasteiger partial charge in [0.15, 0.2) is 0 Å². The molecular formula is C20H27FN4O. The van der Waals surface area contributed by atoms with E-state index in [4.69, 9.17) is 4.42 Å². The van der Waals surface area contributed by atoms with Crippen molar-refractivity contribution < 1.29 is 8.81 Å². The predicted molar refractivity (Wildman–Crippen MR) is 98.0 cm³/mol. The van der Waals surface area contributed by atoms with Crippen LogP contribution in [0, 0.1) is 5.82 Å². The van der Waals surface area contributed by atoms with Crippen LogP contribution in [0.2, 0.25) is 0 Å². The summed E-state index contributed by atoms with van der Waals surface area (Å²) in [6, 6.07) is 6.89. The van der Waals surface area contributed by atoms with Crippen LogP contribution in [0.25, 0.3) is 11.5 Å². The van der Waals surface area contributed by atoms with Gasteiger partial charge in [0.1, 0.15) is 5.82 Å². The smallest absolute Gasteiger partial charge is 0.247 e. The van der Waals surface area contributed by atoms with Gasteiger partial charge in [-0.05, 0) is 76.5 Å². The van der Waals surface area contributed by atoms with Gasteiger partial charge < -0.3 is 9.32 Å². The fraction of sp³-hybridized carbons (Fsp3) is 0.600. The SMILES string of the molecule is Fc1cccc(-c2nnc(CN3CCCCC3CCN3CCCC3)o2)c1. The summed E-state index contributed by atoms with van der Waals surface area (Å²) >= 11 is 0. The fourth-order valence-corrected chi connectivity index (χ4v) is 4.16. The molecule has 0 bridgehead atoms. The Morgan fingerprint density at radius 3 is 2.77 bits per heavy atom. The van der Waals surface area contributed by atoms with E-state index in [-0.39, 0.29) is 5.82 Å². The van der Waals surface area contributed by atoms with Crippen molar-refractivity contribution in [1.29, 1.82) is 0 Å². The molecule has 1 aromatic carbocycles. The Balaban J connectivity index is 1.38. The quantitative estimate of drug-likeness (QED) is 0.788. The predicted octanol–water partition coefficient (Wildman–Crippen LogP) is 3.72. The molecule has 6 heteroatoms. The molecule has 0 aliphatic carbocycles. The van der Waals surface area contributed by atoms with E-state index < -0.39 is 0 Å². The molecule has 0 saturated carbocycles. The van der Waals surface area contributed by atoms with Crippen LogP contribution in [-0.2, 0) is 6.54 Å². The summed E-state index contributed by atoms with van der Waals surface area (Å²) in [5.41, 5.74) is 0.632. The van der Waals surface area contributed by atoms with E-state index in [0.29, 0.717) is 29.9 Å². The van der Waals surface area contributed by atoms with Crippen LogP contribution >= 0.6 is 0 Å². The van der Waals surface area contributed by atoms with E-state index in [1.165, 1.54) is 70.3 Å². The molecule has 2 saturated heterocycles. The maximum atomic E-state index is 13.4. The zero-order valence-electron chi connectivity index (χ0n) is 15.2. The summed E-state index contributed by atoms with van der Waals surface area (Å²) in [5.74, 6) is 0.725. The molecule has 1 aromatic heterocycles. The molecule has 1 unspecified atom stereocenters. The number of likely N-dealkylation sites (tertiary alicyclic amines) is 2. The van der Waals surface area contributed by atoms with Gasteiger partial charge in [-0.1, -0.05) is 12.5 Å². The highest BCUT2D eigenvalue weighted by Gasteiger charge is 2.25. The van der Waals surface area contributed by atoms with Gasteiger partial charge in [-0.3, -0.25) is 4.90 Å². The van der Waals surface area contributed by atoms with Gasteiger partial charge in [-0.2, -0.15) is 0 Å². The number of piperidine rings is 1. The van der Waals surface area contributed by atoms with Crippen LogP contribution in [0.4, 0.5) is 4.39 Å². The highest BCUT2D eigenvalue weighted by atomic mass is 19.1. The van der Waals surface area contributed by atoms with Crippen molar-refractivity contribution in [3.05, 3.63) is 36.0 Å². The van der Waals surface area contributed by atoms with Crippen LogP contribution in [0.3, 0.4) is 0 Å². The molecule has 3 heterocycles. The van der Waals surface area contributed by atoms with Crippen molar-refractivity contribution in [2.75, 3.05) is 26.2 Å². The van der Waals surface area contributed by atoms with E-state index in [1.807, 2.05) is 0 Å². The van der Waals surface area contributed by atoms with Gasteiger partial charge in [0.05, 0.1) is 6.54 Å². The topological polar surface area (TPSA) is 45.4 Å². The summed E-state index contributed by atoms with van der Waals surface area (Å²) in [7, 11) is 0. The number of nitrogens with zero attached hydrogens (tertiary/aromatic N) is 4. The molecule has 26 heavy (non-hydrogen) atoms. The van der Waals surface area contributed by atoms with Crippen molar-refractivity contribution >= 4 is 0 Å². The monoisotopic (exact) mass is 358 g/mol. The Labute approximate surface area is 154 Å². The Hall–Kier alpha value is -1.79. The largest absolute Gasteiger partial charge is 0.419 e. The van der Waals surface area contributed by atoms with E-state index in [0.717, 1.165) is 6.54 Å². The van der Waals surface area contributed by atoms with Crippen LogP contribution < -0.4 is 0 Å². The second kappa shape index (κ2) is 8.27. The molecule has 2 aromatic rings. The third kappa shape index (κ3) is 4.30. The molecule has 0 amide bonds. The van der Waals surface area contributed by atoms with Crippen LogP contribution in [0.5, 0.6) is 0 Å². The number of halogens is 1. The first-order valence-electron chi connectivity index (χ1n) is 9.83. The molecule has 0 spiro atoms. The summed E-state index contributed by atoms with van der Waals surface area (Å²) in [6.45, 7) is 5.48. The molecule has 5 nitrogen and oxygen atoms in total. The summed E-state index contributed by atoms with van der Waals surface area (Å²) in [6.07, 6.45) is 7.69. The minimum Gasteiger partial charge on any atom is -0.419 e. The lowest BCUT2D eigenvalue weighted by Gasteiger charge is -2.35. The molecular weight excluding hydrogens is 331 g/mol. The Bertz CT molecular complexity index is 713. The molecule has 0 radical (unpaired) electrons. The molecule has 1 atom stereocenters. The standard InChI is InChI=1S/C20H27FN4O/c21-17-7-5-6-16(14-17)20-23-22-19(26-20)15-25-12-2-1-8-18(25)9-13-24-10-3-4-11-24/h5-7,14,18H,1-4,8-13,15H2. The lowest BCUT2D eigenvalue weighted by atomic mass is 9.99. The van der Waals surface area contributed by atoms with Crippen molar-refractivity contribution in [3.8, 4) is 11.5 Å². The van der Waals surface area contributed by atoms with Crippen molar-refractivity contribution in [2.45, 2.75) is 51.1 Å². The van der Waals surface area contributed by atoms with Crippen molar-refractivity contribution in [2.24, 2.45) is 0 Å². The van der Waals surface area contributed by atoms with Gasteiger partial charge in [-0.15, -0.1) is 10.2 Å². The number of benzene rings is 1. The molecule has 2 aliphatic rings. The average Bonchev–Trinajstić information content (AvgIpc) is 3.33. The first kappa shape index (κ1) is 17.6. The third-order valence-electron chi connectivity index (χ3n) is 5.60. The lowest BCUT2D eigenvalue weighted by molar-refractivity contribution is 0.111. The van der Waals surface area contributed by atoms with Gasteiger partial charge in [0.25, 0.3) is 0 Å². The summed E-state index contributed by atoms with van der Waals surface area (Å²) in [5, 5.41) is 8.31. The van der Waals surface area contributed by atoms with E-state index in [9.17, 15) is 4.39 Å². The van der Waals surface area contributed by atoms with Gasteiger partial charge in [-0.25, -0.2) is 4.39 Å². The zero-order chi connectivity index (χ0) is 17.8. The third-order valence-corrected chi connectivity index (χ3v) is 5.60. The first-order valence-corrected chi connectivity index (χ1v) is 9.83. The second-order valence-corrected chi connectivity index (χ2v) is 7.47. The highest BCUT2D eigenvalue weighted by Crippen LogP contribution is 2.24. The summed E-state index contributed by atoms with van der Waals surface area (Å²) < 4.78 is 19.2. The normalized spacial score (nSPS) is 22.1. The molecule has 140 valence electrons. The Kier molecular flexibility index (Phi) is 5.60. The Morgan fingerprint density at radius 1 is 1.08 bits per heavy atom. The molecule has 2 fully saturated rings. The number of hydrogen-bond donors (Lipinski definition) is 0. The maximum absolute atomic E-state index is 13.4. The second-order valence-electron chi connectivity index (χ2n) is 7.47. The minimum atomic E-state index is -0.291. The van der Waals surface area contributed by atoms with Crippen molar-refractivity contribution in [3.63, 3.8) is 0 Å². The van der Waals surface area contributed by atoms with Crippen molar-refractivity contribution in [1.82, 2.24) is 20.0 Å². The fourth-order valence-electron chi connectivity index (χ4n) is 4.16. The summed E-state index contributed by atoms with van der Waals surface area (Å²) in [4.78, 5) is 5.07. The highest BCUT2D eigenvalue weighted by molar-refractivity contribution is 5.52. The minimum absolute atomic E-state index is 0.291. The Morgan fingerprint density at radius 2 is 1.92 bits per heavy atom. The number of rotatable bonds is 6. The first-order chi connectivity index (χ1) is 12.8. The number of aromatic nitrogens is 2. The molecule has 0 N–H and O–H groups in total. The van der Waals surface area contributed by atoms with Gasteiger partial charge in [0.2, 0.25) is 11.8 Å². The average molecular weight is 358 g/mol. The van der Waals surface area contributed by atoms with Crippen LogP contribution in [-0.4, -0.2) is 52.2 Å². The van der Waals surface area contributed by atoms with E-state index >= 15 is 0 Å². The maximum Gasteiger partial charge on any atom is 0.247 e. The van der Waals surface area contributed by atoms with Crippen LogP contribution in [0.1, 0.15) is 44.4 Å². The molecule has 4 rings (SSSR count). The zero-order valence-corrected chi connectivity index (χ0v) is 15.2. The van der Waals surface area contributed by atoms with Crippen LogP contribution in [0.15, 0.2) is 28.7 Å². The van der Waals surface area contributed by atoms with Gasteiger partial charge in [0, 0.05) is 11.6 Å². The lowest BCUT2D eigenvalue weighted by Crippen LogP contribution is -2.41. The van der Waals surface area contributed by atoms with E-state index in [1.54, 1.807) is 12.1 Å². The molecule has 2 aliphatic heterocycles. The number of hydrogen-bond acceptors (Lipinski definition) is 5. The van der Waals surface area contributed by atoms with E-state index in [2.05, 4.69) is 20.0 Å².